The third kappa shape index (κ3) is 2.23. The molecule has 1 aliphatic carbocycles. The van der Waals surface area contributed by atoms with Gasteiger partial charge in [-0.2, -0.15) is 0 Å². The lowest BCUT2D eigenvalue weighted by molar-refractivity contribution is 0.427. The van der Waals surface area contributed by atoms with Crippen molar-refractivity contribution in [2.75, 3.05) is 0 Å². The van der Waals surface area contributed by atoms with Crippen LogP contribution in [-0.2, 0) is 13.6 Å². The molecule has 1 aromatic rings. The van der Waals surface area contributed by atoms with Crippen molar-refractivity contribution in [3.8, 4) is 0 Å². The van der Waals surface area contributed by atoms with Crippen molar-refractivity contribution in [2.45, 2.75) is 32.2 Å². The van der Waals surface area contributed by atoms with Crippen LogP contribution in [0.25, 0.3) is 0 Å². The standard InChI is InChI=1S/C11H15IN2O2/c1-13-7-9(12)10(15)14(11(13)16)6-8-4-2-3-5-8/h7-8H,2-6H2,1H3. The highest BCUT2D eigenvalue weighted by Crippen LogP contribution is 2.25. The fraction of sp³-hybridized carbons (Fsp3) is 0.636. The smallest absolute Gasteiger partial charge is 0.302 e. The Bertz CT molecular complexity index is 463. The van der Waals surface area contributed by atoms with Crippen LogP contribution in [0, 0.1) is 9.49 Å². The molecule has 0 aromatic carbocycles. The lowest BCUT2D eigenvalue weighted by Gasteiger charge is -2.12. The summed E-state index contributed by atoms with van der Waals surface area (Å²) in [5.74, 6) is 0.503. The number of hydrogen-bond acceptors (Lipinski definition) is 2. The second kappa shape index (κ2) is 4.73. The Morgan fingerprint density at radius 3 is 2.62 bits per heavy atom. The summed E-state index contributed by atoms with van der Waals surface area (Å²) in [6.45, 7) is 0.586. The summed E-state index contributed by atoms with van der Waals surface area (Å²) >= 11 is 1.99. The summed E-state index contributed by atoms with van der Waals surface area (Å²) in [6, 6.07) is 0. The summed E-state index contributed by atoms with van der Waals surface area (Å²) in [5.41, 5.74) is -0.340. The van der Waals surface area contributed by atoms with Gasteiger partial charge in [0.25, 0.3) is 5.56 Å². The van der Waals surface area contributed by atoms with Gasteiger partial charge in [-0.05, 0) is 41.4 Å². The van der Waals surface area contributed by atoms with Gasteiger partial charge in [-0.3, -0.25) is 9.36 Å². The van der Waals surface area contributed by atoms with Crippen molar-refractivity contribution in [3.05, 3.63) is 30.6 Å². The molecule has 2 rings (SSSR count). The molecular formula is C11H15IN2O2. The van der Waals surface area contributed by atoms with Crippen LogP contribution in [0.3, 0.4) is 0 Å². The molecule has 16 heavy (non-hydrogen) atoms. The first-order valence-electron chi connectivity index (χ1n) is 5.55. The van der Waals surface area contributed by atoms with E-state index in [0.717, 1.165) is 12.8 Å². The van der Waals surface area contributed by atoms with Gasteiger partial charge in [-0.25, -0.2) is 4.79 Å². The van der Waals surface area contributed by atoms with Crippen LogP contribution in [0.1, 0.15) is 25.7 Å². The average molecular weight is 334 g/mol. The van der Waals surface area contributed by atoms with Gasteiger partial charge >= 0.3 is 5.69 Å². The molecule has 1 heterocycles. The van der Waals surface area contributed by atoms with E-state index in [1.807, 2.05) is 22.6 Å². The Balaban J connectivity index is 2.39. The molecule has 0 bridgehead atoms. The quantitative estimate of drug-likeness (QED) is 0.767. The molecule has 0 N–H and O–H groups in total. The number of hydrogen-bond donors (Lipinski definition) is 0. The van der Waals surface area contributed by atoms with E-state index in [-0.39, 0.29) is 11.2 Å². The van der Waals surface area contributed by atoms with Crippen LogP contribution in [0.4, 0.5) is 0 Å². The number of aromatic nitrogens is 2. The molecule has 0 atom stereocenters. The molecule has 1 aromatic heterocycles. The molecule has 4 nitrogen and oxygen atoms in total. The Hall–Kier alpha value is -0.590. The van der Waals surface area contributed by atoms with E-state index in [4.69, 9.17) is 0 Å². The highest BCUT2D eigenvalue weighted by molar-refractivity contribution is 14.1. The third-order valence-corrected chi connectivity index (χ3v) is 3.94. The van der Waals surface area contributed by atoms with Gasteiger partial charge in [0.05, 0.1) is 3.57 Å². The number of aryl methyl sites for hydroxylation is 1. The van der Waals surface area contributed by atoms with E-state index in [1.165, 1.54) is 22.0 Å². The predicted octanol–water partition coefficient (Wildman–Crippen LogP) is 1.34. The van der Waals surface area contributed by atoms with E-state index in [0.29, 0.717) is 16.0 Å². The highest BCUT2D eigenvalue weighted by Gasteiger charge is 2.18. The van der Waals surface area contributed by atoms with Crippen molar-refractivity contribution in [1.82, 2.24) is 9.13 Å². The van der Waals surface area contributed by atoms with Crippen molar-refractivity contribution < 1.29 is 0 Å². The minimum absolute atomic E-state index is 0.143. The second-order valence-electron chi connectivity index (χ2n) is 4.44. The molecule has 5 heteroatoms. The van der Waals surface area contributed by atoms with E-state index in [1.54, 1.807) is 13.2 Å². The molecule has 88 valence electrons. The highest BCUT2D eigenvalue weighted by atomic mass is 127. The summed E-state index contributed by atoms with van der Waals surface area (Å²) in [6.07, 6.45) is 6.33. The normalized spacial score (nSPS) is 16.9. The van der Waals surface area contributed by atoms with E-state index in [2.05, 4.69) is 0 Å². The summed E-state index contributed by atoms with van der Waals surface area (Å²) < 4.78 is 3.48. The van der Waals surface area contributed by atoms with Gasteiger partial charge in [0.1, 0.15) is 0 Å². The van der Waals surface area contributed by atoms with Crippen molar-refractivity contribution in [1.29, 1.82) is 0 Å². The van der Waals surface area contributed by atoms with Gasteiger partial charge in [-0.15, -0.1) is 0 Å². The van der Waals surface area contributed by atoms with Crippen molar-refractivity contribution in [2.24, 2.45) is 13.0 Å². The minimum atomic E-state index is -0.197. The molecule has 0 aliphatic heterocycles. The number of rotatable bonds is 2. The van der Waals surface area contributed by atoms with Crippen LogP contribution in [-0.4, -0.2) is 9.13 Å². The van der Waals surface area contributed by atoms with Gasteiger partial charge in [-0.1, -0.05) is 12.8 Å². The summed E-state index contributed by atoms with van der Waals surface area (Å²) in [4.78, 5) is 23.7. The SMILES string of the molecule is Cn1cc(I)c(=O)n(CC2CCCC2)c1=O. The van der Waals surface area contributed by atoms with E-state index < -0.39 is 0 Å². The molecule has 1 saturated carbocycles. The summed E-state index contributed by atoms with van der Waals surface area (Å²) in [7, 11) is 1.69. The van der Waals surface area contributed by atoms with Crippen LogP contribution >= 0.6 is 22.6 Å². The third-order valence-electron chi connectivity index (χ3n) is 3.20. The molecular weight excluding hydrogens is 319 g/mol. The zero-order chi connectivity index (χ0) is 11.7. The van der Waals surface area contributed by atoms with Crippen LogP contribution in [0.5, 0.6) is 0 Å². The fourth-order valence-electron chi connectivity index (χ4n) is 2.30. The van der Waals surface area contributed by atoms with Crippen molar-refractivity contribution >= 4 is 22.6 Å². The number of halogens is 1. The minimum Gasteiger partial charge on any atom is -0.302 e. The van der Waals surface area contributed by atoms with Gasteiger partial charge in [0.2, 0.25) is 0 Å². The topological polar surface area (TPSA) is 44.0 Å². The lowest BCUT2D eigenvalue weighted by atomic mass is 10.1. The average Bonchev–Trinajstić information content (AvgIpc) is 2.74. The maximum Gasteiger partial charge on any atom is 0.330 e. The number of nitrogens with zero attached hydrogens (tertiary/aromatic N) is 2. The van der Waals surface area contributed by atoms with Crippen LogP contribution in [0.2, 0.25) is 0 Å². The van der Waals surface area contributed by atoms with Gasteiger partial charge in [0.15, 0.2) is 0 Å². The predicted molar refractivity (Wildman–Crippen MR) is 70.6 cm³/mol. The summed E-state index contributed by atoms with van der Waals surface area (Å²) in [5, 5.41) is 0. The first kappa shape index (κ1) is 11.9. The van der Waals surface area contributed by atoms with E-state index >= 15 is 0 Å². The Kier molecular flexibility index (Phi) is 3.51. The van der Waals surface area contributed by atoms with Gasteiger partial charge < -0.3 is 4.57 Å². The molecule has 0 radical (unpaired) electrons. The monoisotopic (exact) mass is 334 g/mol. The first-order valence-corrected chi connectivity index (χ1v) is 6.63. The molecule has 1 fully saturated rings. The molecule has 0 amide bonds. The molecule has 1 aliphatic rings. The second-order valence-corrected chi connectivity index (χ2v) is 5.60. The Morgan fingerprint density at radius 1 is 1.38 bits per heavy atom. The first-order chi connectivity index (χ1) is 7.59. The molecule has 0 spiro atoms. The van der Waals surface area contributed by atoms with Crippen LogP contribution in [0.15, 0.2) is 15.8 Å². The zero-order valence-electron chi connectivity index (χ0n) is 9.28. The lowest BCUT2D eigenvalue weighted by Crippen LogP contribution is -2.41. The van der Waals surface area contributed by atoms with E-state index in [9.17, 15) is 9.59 Å². The van der Waals surface area contributed by atoms with Crippen molar-refractivity contribution in [3.63, 3.8) is 0 Å². The Morgan fingerprint density at radius 2 is 2.00 bits per heavy atom. The Labute approximate surface area is 107 Å². The maximum atomic E-state index is 11.9. The fourth-order valence-corrected chi connectivity index (χ4v) is 3.01. The molecule has 0 unspecified atom stereocenters. The molecule has 0 saturated heterocycles. The van der Waals surface area contributed by atoms with Crippen LogP contribution < -0.4 is 11.2 Å². The zero-order valence-corrected chi connectivity index (χ0v) is 11.4. The largest absolute Gasteiger partial charge is 0.330 e. The maximum absolute atomic E-state index is 11.9. The van der Waals surface area contributed by atoms with Gasteiger partial charge in [0, 0.05) is 19.8 Å².